The van der Waals surface area contributed by atoms with Crippen LogP contribution in [0.5, 0.6) is 0 Å². The van der Waals surface area contributed by atoms with E-state index in [2.05, 4.69) is 250 Å². The van der Waals surface area contributed by atoms with E-state index in [0.717, 1.165) is 86.9 Å². The number of anilines is 2. The van der Waals surface area contributed by atoms with Gasteiger partial charge in [0, 0.05) is 133 Å². The second-order valence-electron chi connectivity index (χ2n) is 37.1. The number of benzene rings is 10. The number of fused-ring (bicyclic) bond motifs is 9. The zero-order valence-corrected chi connectivity index (χ0v) is 91.4. The zero-order chi connectivity index (χ0) is 101. The largest absolute Gasteiger partial charge is 0.512 e. The maximum atomic E-state index is 10.0. The number of allylic oxidation sites excluding steroid dienone is 18. The van der Waals surface area contributed by atoms with Crippen molar-refractivity contribution in [3.8, 4) is 67.5 Å². The molecule has 0 unspecified atom stereocenters. The van der Waals surface area contributed by atoms with Crippen LogP contribution in [-0.2, 0) is 106 Å². The number of nitrogens with zero attached hydrogens (tertiary/aromatic N) is 9. The number of thiazole rings is 1. The predicted octanol–water partition coefficient (Wildman–Crippen LogP) is 29.5. The Labute approximate surface area is 885 Å². The molecular weight excluding hydrogens is 2330 g/mol. The van der Waals surface area contributed by atoms with Crippen molar-refractivity contribution in [2.45, 2.75) is 145 Å². The molecule has 0 amide bonds. The minimum atomic E-state index is -0.125. The first-order chi connectivity index (χ1) is 66.8. The number of para-hydroxylation sites is 2. The number of aliphatic hydroxyl groups excluding tert-OH is 3. The number of rotatable bonds is 11. The Kier molecular flexibility index (Phi) is 39.5. The fourth-order valence-electron chi connectivity index (χ4n) is 17.4. The van der Waals surface area contributed by atoms with Gasteiger partial charge < -0.3 is 39.6 Å². The van der Waals surface area contributed by atoms with Crippen LogP contribution in [-0.4, -0.2) is 74.8 Å². The van der Waals surface area contributed by atoms with E-state index in [1.807, 2.05) is 141 Å². The van der Waals surface area contributed by atoms with Crippen LogP contribution in [0.25, 0.3) is 109 Å². The molecule has 0 saturated heterocycles. The van der Waals surface area contributed by atoms with Gasteiger partial charge in [-0.05, 0) is 247 Å². The maximum absolute atomic E-state index is 10.0. The number of hydrogen-bond acceptors (Lipinski definition) is 16. The average molecular weight is 2440 g/mol. The Balaban J connectivity index is 0.000000190. The fraction of sp³-hybridized carbons (Fsp3) is 0.213. The minimum Gasteiger partial charge on any atom is -0.512 e. The Morgan fingerprint density at radius 3 is 1.42 bits per heavy atom. The van der Waals surface area contributed by atoms with Crippen LogP contribution in [0.4, 0.5) is 11.4 Å². The standard InChI is InChI=1S/C27H29N3O.2C24H18N.C19H17N3O.C13H8NS.3C5H8O2.3Ir/c1-18-13-20(24(17-28)29-6)16-21(31-18)8-7-19-14-22-25-23(15-19)27(4,5)10-12-30(25)11-9-26(22,2)3;1-24(2)20-9-5-4-8-18(20)19-13-11-17(15-21(19)24)23-14-12-16-7-3-6-10-22(16)25-23;1-24(2)21-10-6-5-9-19(21)20-12-11-17(15-22(20)24)23-18-8-4-3-7-16(18)13-14-25-23;1-14-11-16(19(13-20)21-2)12-18(23-14)10-7-15-5-8-17(9-6-15)22(3)4;1-2-6-10(7-3-1)13-14-11-8-4-5-9-12(11)15-13;3*1-4(6)3-5(2)7;;;/h7-8,13-16H,9-12H2,1-5H3;2*3-10,12-15H,1-2H3;5-12H,1,3-4H3;1-6,8-9H;3*3,6H,1-2H3;;;/q;2*-1;;-1;;;;;;/b8-7+,24-20+;;;10-7+,19-16+;;;;;;;. The second-order valence-corrected chi connectivity index (χ2v) is 38.2. The van der Waals surface area contributed by atoms with Crippen molar-refractivity contribution in [1.29, 1.82) is 10.5 Å². The van der Waals surface area contributed by atoms with Crippen molar-refractivity contribution in [1.82, 2.24) is 15.0 Å². The number of carbonyl (C=O) groups excluding carboxylic acids is 3. The summed E-state index contributed by atoms with van der Waals surface area (Å²) in [5.41, 5.74) is 27.3. The van der Waals surface area contributed by atoms with Crippen LogP contribution in [0, 0.1) is 54.0 Å². The molecular formula is C122H114Ir3N9O8S-3. The molecule has 0 bridgehead atoms. The number of ketones is 3. The quantitative estimate of drug-likeness (QED) is 0.0473. The number of aliphatic hydroxyl groups is 3. The van der Waals surface area contributed by atoms with Crippen molar-refractivity contribution in [3.05, 3.63) is 434 Å². The Bertz CT molecular complexity index is 7280. The number of nitriles is 2. The predicted molar refractivity (Wildman–Crippen MR) is 569 cm³/mol. The Morgan fingerprint density at radius 1 is 0.483 bits per heavy atom. The van der Waals surface area contributed by atoms with Gasteiger partial charge in [-0.1, -0.05) is 217 Å². The topological polar surface area (TPSA) is 232 Å². The average Bonchev–Trinajstić information content (AvgIpc) is 1.73. The van der Waals surface area contributed by atoms with Crippen LogP contribution in [0.3, 0.4) is 0 Å². The molecule has 4 aliphatic heterocycles. The molecule has 2 aliphatic carbocycles. The summed E-state index contributed by atoms with van der Waals surface area (Å²) in [6.45, 7) is 47.3. The number of hydrogen-bond donors (Lipinski definition) is 3. The molecule has 19 rings (SSSR count). The normalized spacial score (nSPS) is 15.2. The van der Waals surface area contributed by atoms with E-state index in [1.54, 1.807) is 42.6 Å². The molecule has 0 atom stereocenters. The van der Waals surface area contributed by atoms with Crippen molar-refractivity contribution >= 4 is 84.1 Å². The molecule has 731 valence electrons. The summed E-state index contributed by atoms with van der Waals surface area (Å²) in [7, 11) is 4.00. The van der Waals surface area contributed by atoms with Gasteiger partial charge in [0.2, 0.25) is 0 Å². The molecule has 6 aliphatic rings. The Morgan fingerprint density at radius 2 is 0.944 bits per heavy atom. The van der Waals surface area contributed by atoms with Crippen LogP contribution in [0.1, 0.15) is 168 Å². The van der Waals surface area contributed by atoms with E-state index in [9.17, 15) is 19.6 Å². The Hall–Kier alpha value is -14.4. The molecule has 3 radical (unpaired) electrons. The monoisotopic (exact) mass is 2440 g/mol. The van der Waals surface area contributed by atoms with Crippen LogP contribution in [0.2, 0.25) is 0 Å². The number of ether oxygens (including phenoxy) is 2. The van der Waals surface area contributed by atoms with E-state index in [4.69, 9.17) is 48.2 Å². The van der Waals surface area contributed by atoms with E-state index in [-0.39, 0.29) is 128 Å². The summed E-state index contributed by atoms with van der Waals surface area (Å²) in [5, 5.41) is 47.9. The van der Waals surface area contributed by atoms with Crippen LogP contribution >= 0.6 is 11.3 Å². The minimum absolute atomic E-state index is 0. The van der Waals surface area contributed by atoms with Gasteiger partial charge in [0.15, 0.2) is 17.3 Å². The first kappa shape index (κ1) is 112. The van der Waals surface area contributed by atoms with Gasteiger partial charge in [-0.3, -0.25) is 24.4 Å². The summed E-state index contributed by atoms with van der Waals surface area (Å²) in [4.78, 5) is 55.3. The van der Waals surface area contributed by atoms with Gasteiger partial charge in [0.1, 0.15) is 23.0 Å². The van der Waals surface area contributed by atoms with Gasteiger partial charge in [0.25, 0.3) is 11.4 Å². The van der Waals surface area contributed by atoms with Crippen LogP contribution in [0.15, 0.2) is 348 Å². The first-order valence-corrected chi connectivity index (χ1v) is 46.9. The fourth-order valence-corrected chi connectivity index (χ4v) is 18.3. The second kappa shape index (κ2) is 50.3. The molecule has 7 heterocycles. The summed E-state index contributed by atoms with van der Waals surface area (Å²) in [5.74, 6) is 2.38. The zero-order valence-electron chi connectivity index (χ0n) is 83.4. The van der Waals surface area contributed by atoms with E-state index >= 15 is 0 Å². The summed E-state index contributed by atoms with van der Waals surface area (Å²) in [6.07, 6.45) is 22.4. The molecule has 0 saturated carbocycles. The molecule has 21 heteroatoms. The third-order valence-corrected chi connectivity index (χ3v) is 25.4. The van der Waals surface area contributed by atoms with Gasteiger partial charge in [-0.15, -0.1) is 94.5 Å². The third kappa shape index (κ3) is 28.5. The summed E-state index contributed by atoms with van der Waals surface area (Å²) >= 11 is 1.71. The molecule has 17 nitrogen and oxygen atoms in total. The van der Waals surface area contributed by atoms with Gasteiger partial charge in [-0.2, -0.15) is 11.3 Å². The van der Waals surface area contributed by atoms with Crippen molar-refractivity contribution < 1.29 is 99.5 Å². The van der Waals surface area contributed by atoms with E-state index in [1.165, 1.54) is 142 Å². The molecule has 10 aromatic carbocycles. The molecule has 0 fully saturated rings. The smallest absolute Gasteiger partial charge is 0.269 e. The molecule has 3 aromatic heterocycles. The summed E-state index contributed by atoms with van der Waals surface area (Å²) < 4.78 is 12.7. The third-order valence-electron chi connectivity index (χ3n) is 24.4. The van der Waals surface area contributed by atoms with E-state index < -0.39 is 0 Å². The SMILES string of the molecule is CC(=O)C=C(C)O.CC(=O)C=C(C)O.CC(=O)C=C(C)O.CC1(C)c2ccccc2-c2c[c-]c(-c3ccc4ccccc4n3)cc21.CC1(C)c2ccccc2-c2c[c-]c(-c3nccc4ccccc34)cc21.[C-]#[N+]/C(C#N)=C1\C=C(C)OC(/C=C/c2cc3c4c(c2)C(C)(C)CCN4CCC3(C)C)=C1.[C-]#[N+]/C(C#N)=C1\C=C(C)OC(/C=C/c2ccc(N(C)C)cc2)=C1.[Ir].[Ir].[Ir].[c-]1ccccc1-c1nc2ccccc2s1. The van der Waals surface area contributed by atoms with Gasteiger partial charge in [0.05, 0.1) is 53.6 Å². The number of aromatic nitrogens is 3. The molecule has 13 aromatic rings. The van der Waals surface area contributed by atoms with Gasteiger partial charge >= 0.3 is 0 Å². The van der Waals surface area contributed by atoms with Crippen molar-refractivity contribution in [2.75, 3.05) is 37.0 Å². The van der Waals surface area contributed by atoms with Crippen LogP contribution < -0.4 is 9.80 Å². The summed E-state index contributed by atoms with van der Waals surface area (Å²) in [6, 6.07) is 92.1. The van der Waals surface area contributed by atoms with Crippen molar-refractivity contribution in [3.63, 3.8) is 0 Å². The molecule has 3 N–H and O–H groups in total. The van der Waals surface area contributed by atoms with E-state index in [0.29, 0.717) is 34.2 Å². The molecule has 0 spiro atoms. The van der Waals surface area contributed by atoms with Gasteiger partial charge in [-0.25, -0.2) is 20.2 Å². The number of pyridine rings is 2. The first-order valence-electron chi connectivity index (χ1n) is 46.1. The van der Waals surface area contributed by atoms with Crippen molar-refractivity contribution in [2.24, 2.45) is 0 Å². The maximum Gasteiger partial charge on any atom is 0.269 e. The molecule has 143 heavy (non-hydrogen) atoms. The number of carbonyl (C=O) groups is 3.